The molecule has 1 amide bonds. The molecular formula is C23H19Cl2NO3. The molecule has 148 valence electrons. The van der Waals surface area contributed by atoms with Crippen molar-refractivity contribution in [1.29, 1.82) is 0 Å². The molecule has 0 fully saturated rings. The third kappa shape index (κ3) is 4.10. The molecule has 0 radical (unpaired) electrons. The van der Waals surface area contributed by atoms with Gasteiger partial charge in [0.05, 0.1) is 12.6 Å². The molecule has 0 aliphatic heterocycles. The van der Waals surface area contributed by atoms with Crippen LogP contribution in [0.1, 0.15) is 28.7 Å². The molecule has 1 unspecified atom stereocenters. The lowest BCUT2D eigenvalue weighted by atomic mass is 9.98. The van der Waals surface area contributed by atoms with Crippen molar-refractivity contribution in [3.05, 3.63) is 93.5 Å². The Hall–Kier alpha value is -2.53. The van der Waals surface area contributed by atoms with Gasteiger partial charge in [-0.1, -0.05) is 77.8 Å². The molecule has 4 nitrogen and oxygen atoms in total. The summed E-state index contributed by atoms with van der Waals surface area (Å²) in [6, 6.07) is 21.1. The number of hydrogen-bond donors (Lipinski definition) is 2. The van der Waals surface area contributed by atoms with Crippen LogP contribution in [0.15, 0.2) is 66.7 Å². The van der Waals surface area contributed by atoms with Crippen LogP contribution in [0.2, 0.25) is 10.0 Å². The van der Waals surface area contributed by atoms with Gasteiger partial charge in [-0.3, -0.25) is 0 Å². The molecule has 0 aromatic heterocycles. The lowest BCUT2D eigenvalue weighted by Gasteiger charge is -2.16. The highest BCUT2D eigenvalue weighted by molar-refractivity contribution is 6.35. The van der Waals surface area contributed by atoms with Gasteiger partial charge in [-0.25, -0.2) is 4.79 Å². The number of rotatable bonds is 5. The minimum Gasteiger partial charge on any atom is -0.449 e. The van der Waals surface area contributed by atoms with Gasteiger partial charge in [-0.15, -0.1) is 0 Å². The van der Waals surface area contributed by atoms with Crippen molar-refractivity contribution in [1.82, 2.24) is 5.32 Å². The molecule has 6 heteroatoms. The van der Waals surface area contributed by atoms with Crippen LogP contribution < -0.4 is 5.32 Å². The minimum absolute atomic E-state index is 0.0104. The monoisotopic (exact) mass is 427 g/mol. The topological polar surface area (TPSA) is 58.6 Å². The second-order valence-electron chi connectivity index (χ2n) is 6.89. The number of aliphatic hydroxyl groups excluding tert-OH is 1. The van der Waals surface area contributed by atoms with Crippen molar-refractivity contribution >= 4 is 29.3 Å². The fraction of sp³-hybridized carbons (Fsp3) is 0.174. The SMILES string of the molecule is O=C(NCC(O)c1ccc(Cl)cc1Cl)OCC1c2ccccc2-c2ccccc21. The Balaban J connectivity index is 1.38. The zero-order chi connectivity index (χ0) is 20.4. The average Bonchev–Trinajstić information content (AvgIpc) is 3.04. The molecule has 3 aromatic carbocycles. The van der Waals surface area contributed by atoms with E-state index in [9.17, 15) is 9.90 Å². The largest absolute Gasteiger partial charge is 0.449 e. The number of hydrogen-bond acceptors (Lipinski definition) is 3. The number of carbonyl (C=O) groups excluding carboxylic acids is 1. The van der Waals surface area contributed by atoms with Gasteiger partial charge in [-0.05, 0) is 34.4 Å². The minimum atomic E-state index is -0.958. The number of ether oxygens (including phenoxy) is 1. The first-order valence-electron chi connectivity index (χ1n) is 9.26. The number of aliphatic hydroxyl groups is 1. The van der Waals surface area contributed by atoms with Crippen molar-refractivity contribution in [3.8, 4) is 11.1 Å². The maximum Gasteiger partial charge on any atom is 0.407 e. The Morgan fingerprint density at radius 3 is 2.24 bits per heavy atom. The lowest BCUT2D eigenvalue weighted by Crippen LogP contribution is -2.30. The van der Waals surface area contributed by atoms with Gasteiger partial charge in [0.2, 0.25) is 0 Å². The summed E-state index contributed by atoms with van der Waals surface area (Å²) in [7, 11) is 0. The number of nitrogens with one attached hydrogen (secondary N) is 1. The normalized spacial score (nSPS) is 13.5. The second kappa shape index (κ2) is 8.46. The van der Waals surface area contributed by atoms with Crippen molar-refractivity contribution < 1.29 is 14.6 Å². The van der Waals surface area contributed by atoms with E-state index < -0.39 is 12.2 Å². The molecule has 1 aliphatic carbocycles. The van der Waals surface area contributed by atoms with Gasteiger partial charge >= 0.3 is 6.09 Å². The highest BCUT2D eigenvalue weighted by Gasteiger charge is 2.29. The molecule has 4 rings (SSSR count). The van der Waals surface area contributed by atoms with E-state index in [4.69, 9.17) is 27.9 Å². The maximum atomic E-state index is 12.2. The summed E-state index contributed by atoms with van der Waals surface area (Å²) in [5.41, 5.74) is 5.13. The third-order valence-electron chi connectivity index (χ3n) is 5.10. The molecular weight excluding hydrogens is 409 g/mol. The second-order valence-corrected chi connectivity index (χ2v) is 7.73. The maximum absolute atomic E-state index is 12.2. The van der Waals surface area contributed by atoms with Gasteiger partial charge in [0, 0.05) is 21.5 Å². The van der Waals surface area contributed by atoms with E-state index >= 15 is 0 Å². The third-order valence-corrected chi connectivity index (χ3v) is 5.67. The zero-order valence-corrected chi connectivity index (χ0v) is 17.0. The molecule has 3 aromatic rings. The van der Waals surface area contributed by atoms with E-state index in [1.165, 1.54) is 11.1 Å². The van der Waals surface area contributed by atoms with Crippen LogP contribution in [0.3, 0.4) is 0 Å². The zero-order valence-electron chi connectivity index (χ0n) is 15.4. The van der Waals surface area contributed by atoms with E-state index in [-0.39, 0.29) is 19.1 Å². The van der Waals surface area contributed by atoms with Gasteiger partial charge in [-0.2, -0.15) is 0 Å². The highest BCUT2D eigenvalue weighted by atomic mass is 35.5. The molecule has 1 aliphatic rings. The average molecular weight is 428 g/mol. The number of carbonyl (C=O) groups is 1. The quantitative estimate of drug-likeness (QED) is 0.559. The van der Waals surface area contributed by atoms with Crippen molar-refractivity contribution in [2.24, 2.45) is 0 Å². The van der Waals surface area contributed by atoms with Crippen molar-refractivity contribution in [3.63, 3.8) is 0 Å². The molecule has 0 heterocycles. The number of halogens is 2. The van der Waals surface area contributed by atoms with Gasteiger partial charge < -0.3 is 15.2 Å². The van der Waals surface area contributed by atoms with Gasteiger partial charge in [0.25, 0.3) is 0 Å². The number of alkyl carbamates (subject to hydrolysis) is 1. The first-order valence-corrected chi connectivity index (χ1v) is 10.0. The summed E-state index contributed by atoms with van der Waals surface area (Å²) in [5.74, 6) is -0.0104. The predicted molar refractivity (Wildman–Crippen MR) is 114 cm³/mol. The summed E-state index contributed by atoms with van der Waals surface area (Å²) in [6.45, 7) is 0.204. The molecule has 0 spiro atoms. The Labute approximate surface area is 179 Å². The van der Waals surface area contributed by atoms with Crippen LogP contribution in [0.25, 0.3) is 11.1 Å². The van der Waals surface area contributed by atoms with E-state index in [0.29, 0.717) is 15.6 Å². The first-order chi connectivity index (χ1) is 14.0. The van der Waals surface area contributed by atoms with Crippen molar-refractivity contribution in [2.75, 3.05) is 13.2 Å². The van der Waals surface area contributed by atoms with E-state index in [1.54, 1.807) is 18.2 Å². The van der Waals surface area contributed by atoms with E-state index in [1.807, 2.05) is 24.3 Å². The van der Waals surface area contributed by atoms with Crippen LogP contribution in [0.5, 0.6) is 0 Å². The number of benzene rings is 3. The molecule has 1 atom stereocenters. The summed E-state index contributed by atoms with van der Waals surface area (Å²) in [4.78, 5) is 12.2. The van der Waals surface area contributed by atoms with Crippen LogP contribution >= 0.6 is 23.2 Å². The van der Waals surface area contributed by atoms with Crippen LogP contribution in [-0.2, 0) is 4.74 Å². The number of fused-ring (bicyclic) bond motifs is 3. The number of amides is 1. The summed E-state index contributed by atoms with van der Waals surface area (Å²) in [5, 5.41) is 13.7. The summed E-state index contributed by atoms with van der Waals surface area (Å²) in [6.07, 6.45) is -1.55. The van der Waals surface area contributed by atoms with E-state index in [2.05, 4.69) is 29.6 Å². The Morgan fingerprint density at radius 1 is 1.00 bits per heavy atom. The van der Waals surface area contributed by atoms with Crippen LogP contribution in [-0.4, -0.2) is 24.4 Å². The predicted octanol–water partition coefficient (Wildman–Crippen LogP) is 5.57. The standard InChI is InChI=1S/C23H19Cl2NO3/c24-14-9-10-19(21(25)11-14)22(27)12-26-23(28)29-13-20-17-7-3-1-5-15(17)16-6-2-4-8-18(16)20/h1-11,20,22,27H,12-13H2,(H,26,28). The first kappa shape index (κ1) is 19.8. The Morgan fingerprint density at radius 2 is 1.62 bits per heavy atom. The fourth-order valence-corrected chi connectivity index (χ4v) is 4.25. The van der Waals surface area contributed by atoms with Gasteiger partial charge in [0.1, 0.15) is 6.61 Å². The van der Waals surface area contributed by atoms with E-state index in [0.717, 1.165) is 11.1 Å². The Bertz CT molecular complexity index is 1010. The fourth-order valence-electron chi connectivity index (χ4n) is 3.71. The molecule has 0 bridgehead atoms. The van der Waals surface area contributed by atoms with Crippen LogP contribution in [0, 0.1) is 0 Å². The summed E-state index contributed by atoms with van der Waals surface area (Å²) < 4.78 is 5.46. The smallest absolute Gasteiger partial charge is 0.407 e. The molecule has 0 saturated carbocycles. The van der Waals surface area contributed by atoms with Gasteiger partial charge in [0.15, 0.2) is 0 Å². The van der Waals surface area contributed by atoms with Crippen LogP contribution in [0.4, 0.5) is 4.79 Å². The van der Waals surface area contributed by atoms with Crippen molar-refractivity contribution in [2.45, 2.75) is 12.0 Å². The highest BCUT2D eigenvalue weighted by Crippen LogP contribution is 2.44. The lowest BCUT2D eigenvalue weighted by molar-refractivity contribution is 0.128. The summed E-state index contributed by atoms with van der Waals surface area (Å²) >= 11 is 12.0. The molecule has 29 heavy (non-hydrogen) atoms. The molecule has 0 saturated heterocycles. The molecule has 2 N–H and O–H groups in total. The Kier molecular flexibility index (Phi) is 5.76.